The monoisotopic (exact) mass is 344 g/mol. The fourth-order valence-corrected chi connectivity index (χ4v) is 2.50. The van der Waals surface area contributed by atoms with Crippen LogP contribution < -0.4 is 10.1 Å². The van der Waals surface area contributed by atoms with E-state index in [9.17, 15) is 0 Å². The van der Waals surface area contributed by atoms with E-state index in [-0.39, 0.29) is 6.04 Å². The first kappa shape index (κ1) is 16.4. The first-order valence-electron chi connectivity index (χ1n) is 6.50. The maximum absolute atomic E-state index is 6.08. The SMILES string of the molecule is CCC(NC)c1ccc(Oc2cc(Cl)c(Cl)cc2Cl)cn1. The minimum absolute atomic E-state index is 0.229. The third kappa shape index (κ3) is 4.01. The number of pyridine rings is 1. The zero-order chi connectivity index (χ0) is 15.4. The van der Waals surface area contributed by atoms with Crippen molar-refractivity contribution in [2.24, 2.45) is 0 Å². The van der Waals surface area contributed by atoms with Crippen LogP contribution in [-0.2, 0) is 0 Å². The molecular weight excluding hydrogens is 331 g/mol. The molecule has 0 saturated heterocycles. The van der Waals surface area contributed by atoms with Crippen LogP contribution in [-0.4, -0.2) is 12.0 Å². The molecule has 0 fully saturated rings. The molecule has 0 saturated carbocycles. The summed E-state index contributed by atoms with van der Waals surface area (Å²) >= 11 is 17.9. The lowest BCUT2D eigenvalue weighted by Gasteiger charge is -2.14. The van der Waals surface area contributed by atoms with E-state index in [1.807, 2.05) is 19.2 Å². The van der Waals surface area contributed by atoms with Crippen LogP contribution in [0.3, 0.4) is 0 Å². The second kappa shape index (κ2) is 7.32. The number of halogens is 3. The van der Waals surface area contributed by atoms with Crippen molar-refractivity contribution in [3.8, 4) is 11.5 Å². The van der Waals surface area contributed by atoms with Crippen molar-refractivity contribution in [2.45, 2.75) is 19.4 Å². The van der Waals surface area contributed by atoms with Crippen molar-refractivity contribution >= 4 is 34.8 Å². The highest BCUT2D eigenvalue weighted by atomic mass is 35.5. The van der Waals surface area contributed by atoms with Crippen molar-refractivity contribution in [3.63, 3.8) is 0 Å². The first-order chi connectivity index (χ1) is 10.0. The number of ether oxygens (including phenoxy) is 1. The number of benzene rings is 1. The van der Waals surface area contributed by atoms with E-state index in [4.69, 9.17) is 39.5 Å². The Kier molecular flexibility index (Phi) is 5.71. The van der Waals surface area contributed by atoms with Crippen molar-refractivity contribution in [1.82, 2.24) is 10.3 Å². The number of aromatic nitrogens is 1. The van der Waals surface area contributed by atoms with E-state index in [0.717, 1.165) is 12.1 Å². The smallest absolute Gasteiger partial charge is 0.147 e. The first-order valence-corrected chi connectivity index (χ1v) is 7.64. The number of hydrogen-bond acceptors (Lipinski definition) is 3. The topological polar surface area (TPSA) is 34.1 Å². The molecule has 1 aromatic heterocycles. The molecule has 1 atom stereocenters. The molecule has 1 heterocycles. The predicted octanol–water partition coefficient (Wildman–Crippen LogP) is 5.50. The van der Waals surface area contributed by atoms with Crippen LogP contribution in [0.4, 0.5) is 0 Å². The Balaban J connectivity index is 2.19. The van der Waals surface area contributed by atoms with Crippen LogP contribution in [0, 0.1) is 0 Å². The van der Waals surface area contributed by atoms with Gasteiger partial charge in [-0.15, -0.1) is 0 Å². The van der Waals surface area contributed by atoms with E-state index in [1.165, 1.54) is 0 Å². The molecule has 3 nitrogen and oxygen atoms in total. The van der Waals surface area contributed by atoms with E-state index < -0.39 is 0 Å². The highest BCUT2D eigenvalue weighted by Crippen LogP contribution is 2.36. The van der Waals surface area contributed by atoms with E-state index in [1.54, 1.807) is 18.3 Å². The van der Waals surface area contributed by atoms with E-state index >= 15 is 0 Å². The molecule has 0 spiro atoms. The summed E-state index contributed by atoms with van der Waals surface area (Å²) in [4.78, 5) is 4.40. The Morgan fingerprint density at radius 1 is 1.14 bits per heavy atom. The maximum atomic E-state index is 6.08. The molecule has 6 heteroatoms. The normalized spacial score (nSPS) is 12.2. The van der Waals surface area contributed by atoms with Crippen LogP contribution in [0.15, 0.2) is 30.5 Å². The zero-order valence-electron chi connectivity index (χ0n) is 11.7. The second-order valence-corrected chi connectivity index (χ2v) is 5.69. The lowest BCUT2D eigenvalue weighted by Crippen LogP contribution is -2.16. The predicted molar refractivity (Wildman–Crippen MR) is 87.9 cm³/mol. The number of rotatable bonds is 5. The molecule has 2 aromatic rings. The van der Waals surface area contributed by atoms with Crippen LogP contribution in [0.25, 0.3) is 0 Å². The summed E-state index contributed by atoms with van der Waals surface area (Å²) in [6.45, 7) is 2.10. The molecule has 0 aliphatic heterocycles. The number of nitrogens with zero attached hydrogens (tertiary/aromatic N) is 1. The van der Waals surface area contributed by atoms with Gasteiger partial charge in [0.15, 0.2) is 0 Å². The summed E-state index contributed by atoms with van der Waals surface area (Å²) < 4.78 is 5.69. The number of hydrogen-bond donors (Lipinski definition) is 1. The van der Waals surface area contributed by atoms with Gasteiger partial charge in [0.05, 0.1) is 27.0 Å². The van der Waals surface area contributed by atoms with Gasteiger partial charge in [0.1, 0.15) is 11.5 Å². The third-order valence-electron chi connectivity index (χ3n) is 3.08. The fourth-order valence-electron chi connectivity index (χ4n) is 1.93. The Hall–Kier alpha value is -1.00. The minimum Gasteiger partial charge on any atom is -0.454 e. The van der Waals surface area contributed by atoms with Gasteiger partial charge < -0.3 is 10.1 Å². The molecule has 1 unspecified atom stereocenters. The van der Waals surface area contributed by atoms with Crippen LogP contribution in [0.5, 0.6) is 11.5 Å². The second-order valence-electron chi connectivity index (χ2n) is 4.47. The molecule has 1 N–H and O–H groups in total. The van der Waals surface area contributed by atoms with Crippen LogP contribution in [0.1, 0.15) is 25.1 Å². The molecular formula is C15H15Cl3N2O. The lowest BCUT2D eigenvalue weighted by atomic mass is 10.1. The Labute approximate surface area is 139 Å². The van der Waals surface area contributed by atoms with Gasteiger partial charge in [0.2, 0.25) is 0 Å². The molecule has 21 heavy (non-hydrogen) atoms. The minimum atomic E-state index is 0.229. The Morgan fingerprint density at radius 2 is 1.86 bits per heavy atom. The summed E-state index contributed by atoms with van der Waals surface area (Å²) in [5.74, 6) is 1.03. The summed E-state index contributed by atoms with van der Waals surface area (Å²) in [6.07, 6.45) is 2.62. The summed E-state index contributed by atoms with van der Waals surface area (Å²) in [5.41, 5.74) is 0.965. The molecule has 0 amide bonds. The van der Waals surface area contributed by atoms with Crippen LogP contribution >= 0.6 is 34.8 Å². The van der Waals surface area contributed by atoms with Crippen LogP contribution in [0.2, 0.25) is 15.1 Å². The molecule has 0 radical (unpaired) electrons. The van der Waals surface area contributed by atoms with Gasteiger partial charge in [0.25, 0.3) is 0 Å². The largest absolute Gasteiger partial charge is 0.454 e. The van der Waals surface area contributed by atoms with Gasteiger partial charge in [-0.05, 0) is 31.7 Å². The third-order valence-corrected chi connectivity index (χ3v) is 4.09. The average Bonchev–Trinajstić information content (AvgIpc) is 2.48. The standard InChI is InChI=1S/C15H15Cl3N2O/c1-3-13(19-2)14-5-4-9(8-20-14)21-15-7-11(17)10(16)6-12(15)18/h4-8,13,19H,3H2,1-2H3. The maximum Gasteiger partial charge on any atom is 0.147 e. The number of nitrogens with one attached hydrogen (secondary N) is 1. The highest BCUT2D eigenvalue weighted by molar-refractivity contribution is 6.43. The molecule has 0 aliphatic carbocycles. The highest BCUT2D eigenvalue weighted by Gasteiger charge is 2.10. The molecule has 112 valence electrons. The van der Waals surface area contributed by atoms with E-state index in [2.05, 4.69) is 17.2 Å². The summed E-state index contributed by atoms with van der Waals surface area (Å²) in [6, 6.07) is 7.14. The van der Waals surface area contributed by atoms with Crippen molar-refractivity contribution in [3.05, 3.63) is 51.2 Å². The fraction of sp³-hybridized carbons (Fsp3) is 0.267. The molecule has 2 rings (SSSR count). The van der Waals surface area contributed by atoms with E-state index in [0.29, 0.717) is 26.6 Å². The van der Waals surface area contributed by atoms with Gasteiger partial charge in [-0.2, -0.15) is 0 Å². The van der Waals surface area contributed by atoms with Gasteiger partial charge in [-0.1, -0.05) is 41.7 Å². The molecule has 1 aromatic carbocycles. The lowest BCUT2D eigenvalue weighted by molar-refractivity contribution is 0.477. The van der Waals surface area contributed by atoms with Gasteiger partial charge in [-0.25, -0.2) is 0 Å². The van der Waals surface area contributed by atoms with Crippen molar-refractivity contribution < 1.29 is 4.74 Å². The average molecular weight is 346 g/mol. The summed E-state index contributed by atoms with van der Waals surface area (Å²) in [5, 5.41) is 4.38. The quantitative estimate of drug-likeness (QED) is 0.726. The van der Waals surface area contributed by atoms with Crippen molar-refractivity contribution in [2.75, 3.05) is 7.05 Å². The van der Waals surface area contributed by atoms with Crippen molar-refractivity contribution in [1.29, 1.82) is 0 Å². The van der Waals surface area contributed by atoms with Gasteiger partial charge in [0, 0.05) is 12.1 Å². The summed E-state index contributed by atoms with van der Waals surface area (Å²) in [7, 11) is 1.91. The zero-order valence-corrected chi connectivity index (χ0v) is 13.9. The molecule has 0 bridgehead atoms. The molecule has 0 aliphatic rings. The Bertz CT molecular complexity index is 613. The van der Waals surface area contributed by atoms with Gasteiger partial charge in [-0.3, -0.25) is 4.98 Å². The van der Waals surface area contributed by atoms with Gasteiger partial charge >= 0.3 is 0 Å². The Morgan fingerprint density at radius 3 is 2.43 bits per heavy atom.